The minimum Gasteiger partial charge on any atom is -1.00 e. The molecule has 0 saturated heterocycles. The number of anilines is 1. The lowest BCUT2D eigenvalue weighted by Crippen LogP contribution is -3.00. The second kappa shape index (κ2) is 12.5. The van der Waals surface area contributed by atoms with E-state index in [1.54, 1.807) is 0 Å². The lowest BCUT2D eigenvalue weighted by atomic mass is 9.88. The van der Waals surface area contributed by atoms with Gasteiger partial charge in [-0.2, -0.15) is 4.57 Å². The Kier molecular flexibility index (Phi) is 9.62. The van der Waals surface area contributed by atoms with Crippen LogP contribution in [0.1, 0.15) is 31.2 Å². The van der Waals surface area contributed by atoms with Gasteiger partial charge in [0.1, 0.15) is 11.7 Å². The first-order valence-corrected chi connectivity index (χ1v) is 13.1. The van der Waals surface area contributed by atoms with Crippen molar-refractivity contribution in [1.29, 1.82) is 0 Å². The average Bonchev–Trinajstić information content (AvgIpc) is 3.34. The zero-order valence-electron chi connectivity index (χ0n) is 20.3. The molecule has 9 heteroatoms. The third-order valence-corrected chi connectivity index (χ3v) is 8.62. The van der Waals surface area contributed by atoms with Crippen LogP contribution < -0.4 is 14.2 Å². The molecule has 0 unspecified atom stereocenters. The number of hydrogen-bond acceptors (Lipinski definition) is 3. The summed E-state index contributed by atoms with van der Waals surface area (Å²) >= 11 is 3.71. The van der Waals surface area contributed by atoms with Crippen molar-refractivity contribution < 1.29 is 22.2 Å². The first-order valence-electron chi connectivity index (χ1n) is 11.4. The van der Waals surface area contributed by atoms with Crippen LogP contribution in [0.2, 0.25) is 0 Å². The maximum atomic E-state index is 9.67. The van der Waals surface area contributed by atoms with E-state index >= 15 is 0 Å². The Balaban J connectivity index is 0.000000674. The Morgan fingerprint density at radius 2 is 1.67 bits per heavy atom. The molecule has 0 fully saturated rings. The van der Waals surface area contributed by atoms with E-state index in [1.165, 1.54) is 54.0 Å². The molecule has 3 aromatic rings. The summed E-state index contributed by atoms with van der Waals surface area (Å²) in [6, 6.07) is 17.2. The van der Waals surface area contributed by atoms with Gasteiger partial charge in [0.2, 0.25) is 5.52 Å². The number of thioether (sulfide) groups is 1. The van der Waals surface area contributed by atoms with Gasteiger partial charge in [-0.3, -0.25) is 12.9 Å². The first kappa shape index (κ1) is 27.8. The van der Waals surface area contributed by atoms with Crippen molar-refractivity contribution in [3.63, 3.8) is 0 Å². The minimum absolute atomic E-state index is 0. The van der Waals surface area contributed by atoms with Gasteiger partial charge in [-0.1, -0.05) is 59.5 Å². The molecular weight excluding hydrogens is 503 g/mol. The molecule has 2 aromatic carbocycles. The van der Waals surface area contributed by atoms with Crippen molar-refractivity contribution in [2.24, 2.45) is 7.05 Å². The lowest BCUT2D eigenvalue weighted by molar-refractivity contribution is -0.642. The van der Waals surface area contributed by atoms with Crippen LogP contribution in [0.3, 0.4) is 0 Å². The maximum Gasteiger partial charge on any atom is 0.762 e. The van der Waals surface area contributed by atoms with Gasteiger partial charge in [-0.25, -0.2) is 0 Å². The summed E-state index contributed by atoms with van der Waals surface area (Å²) in [6.07, 6.45) is 12.8. The fourth-order valence-electron chi connectivity index (χ4n) is 4.34. The summed E-state index contributed by atoms with van der Waals surface area (Å²) in [7, 11) is 0.651. The Hall–Kier alpha value is -2.78. The Bertz CT molecular complexity index is 1340. The number of aryl methyl sites for hydroxylation is 1. The molecule has 188 valence electrons. The Morgan fingerprint density at radius 3 is 2.39 bits per heavy atom. The van der Waals surface area contributed by atoms with E-state index in [1.807, 2.05) is 23.1 Å². The van der Waals surface area contributed by atoms with Gasteiger partial charge in [0.15, 0.2) is 0 Å². The van der Waals surface area contributed by atoms with Crippen molar-refractivity contribution in [2.45, 2.75) is 31.1 Å². The van der Waals surface area contributed by atoms with Crippen LogP contribution in [0, 0.1) is 0 Å². The molecule has 0 spiro atoms. The standard InChI is InChI=1S/C27H27N2S2.BF3.FH/c1-19-20(15-17-26-28(2)22-11-4-6-13-24(22)30-26)9-8-10-21(19)16-18-27-29(3)23-12-5-7-14-25(23)31-27;2-1(3)4;/h4-7,11-18H,8-10H2,1-3H3;;1H/q+1;;/p-1. The van der Waals surface area contributed by atoms with Crippen molar-refractivity contribution in [3.05, 3.63) is 93.5 Å². The molecule has 36 heavy (non-hydrogen) atoms. The quantitative estimate of drug-likeness (QED) is 0.263. The van der Waals surface area contributed by atoms with E-state index in [2.05, 4.69) is 103 Å². The zero-order valence-corrected chi connectivity index (χ0v) is 22.0. The smallest absolute Gasteiger partial charge is 0.762 e. The molecule has 2 nitrogen and oxygen atoms in total. The summed E-state index contributed by atoms with van der Waals surface area (Å²) in [5.41, 5.74) is 6.96. The maximum absolute atomic E-state index is 9.67. The summed E-state index contributed by atoms with van der Waals surface area (Å²) in [6.45, 7) is 2.29. The largest absolute Gasteiger partial charge is 1.00 e. The Labute approximate surface area is 218 Å². The van der Waals surface area contributed by atoms with Gasteiger partial charge in [0, 0.05) is 24.1 Å². The van der Waals surface area contributed by atoms with Crippen LogP contribution >= 0.6 is 23.1 Å². The fraction of sp³-hybridized carbons (Fsp3) is 0.222. The van der Waals surface area contributed by atoms with Crippen molar-refractivity contribution >= 4 is 52.6 Å². The van der Waals surface area contributed by atoms with Gasteiger partial charge in [0.05, 0.1) is 10.7 Å². The van der Waals surface area contributed by atoms with Crippen molar-refractivity contribution in [3.8, 4) is 0 Å². The van der Waals surface area contributed by atoms with Crippen LogP contribution in [0.5, 0.6) is 0 Å². The summed E-state index contributed by atoms with van der Waals surface area (Å²) in [4.78, 5) is 3.63. The minimum atomic E-state index is -3.67. The van der Waals surface area contributed by atoms with Crippen LogP contribution in [-0.4, -0.2) is 14.6 Å². The third kappa shape index (κ3) is 6.31. The topological polar surface area (TPSA) is 7.12 Å². The molecule has 0 bridgehead atoms. The highest BCUT2D eigenvalue weighted by atomic mass is 32.2. The molecule has 1 aliphatic carbocycles. The van der Waals surface area contributed by atoms with Crippen LogP contribution in [0.25, 0.3) is 16.3 Å². The van der Waals surface area contributed by atoms with E-state index in [9.17, 15) is 12.9 Å². The van der Waals surface area contributed by atoms with E-state index in [4.69, 9.17) is 0 Å². The molecule has 5 rings (SSSR count). The molecule has 1 aliphatic heterocycles. The summed E-state index contributed by atoms with van der Waals surface area (Å²) < 4.78 is 32.6. The van der Waals surface area contributed by atoms with E-state index in [0.29, 0.717) is 0 Å². The van der Waals surface area contributed by atoms with Crippen molar-refractivity contribution in [2.75, 3.05) is 11.9 Å². The summed E-state index contributed by atoms with van der Waals surface area (Å²) in [5.74, 6) is 0. The average molecular weight is 530 g/mol. The fourth-order valence-corrected chi connectivity index (χ4v) is 6.45. The van der Waals surface area contributed by atoms with Crippen LogP contribution in [0.4, 0.5) is 18.6 Å². The van der Waals surface area contributed by atoms with Gasteiger partial charge < -0.3 is 9.60 Å². The van der Waals surface area contributed by atoms with Gasteiger partial charge >= 0.3 is 7.54 Å². The zero-order chi connectivity index (χ0) is 24.9. The lowest BCUT2D eigenvalue weighted by Gasteiger charge is -2.19. The molecule has 1 aromatic heterocycles. The highest BCUT2D eigenvalue weighted by Crippen LogP contribution is 2.45. The molecule has 2 aliphatic rings. The van der Waals surface area contributed by atoms with E-state index < -0.39 is 7.54 Å². The van der Waals surface area contributed by atoms with Crippen molar-refractivity contribution in [1.82, 2.24) is 0 Å². The van der Waals surface area contributed by atoms with Gasteiger partial charge in [-0.15, -0.1) is 0 Å². The highest BCUT2D eigenvalue weighted by molar-refractivity contribution is 8.03. The molecule has 0 radical (unpaired) electrons. The number of allylic oxidation sites excluding steroid dienone is 6. The van der Waals surface area contributed by atoms with Crippen LogP contribution in [-0.2, 0) is 7.05 Å². The molecule has 0 N–H and O–H groups in total. The second-order valence-electron chi connectivity index (χ2n) is 8.38. The first-order chi connectivity index (χ1) is 16.8. The predicted molar refractivity (Wildman–Crippen MR) is 145 cm³/mol. The van der Waals surface area contributed by atoms with Gasteiger partial charge in [0.25, 0.3) is 5.01 Å². The third-order valence-electron chi connectivity index (χ3n) is 6.25. The molecule has 0 atom stereocenters. The number of rotatable bonds is 3. The summed E-state index contributed by atoms with van der Waals surface area (Å²) in [5, 5.41) is 2.59. The number of aromatic nitrogens is 1. The van der Waals surface area contributed by atoms with E-state index in [-0.39, 0.29) is 4.70 Å². The van der Waals surface area contributed by atoms with Crippen LogP contribution in [0.15, 0.2) is 93.4 Å². The molecule has 2 heterocycles. The number of nitrogens with zero attached hydrogens (tertiary/aromatic N) is 2. The van der Waals surface area contributed by atoms with E-state index in [0.717, 1.165) is 12.8 Å². The van der Waals surface area contributed by atoms with Gasteiger partial charge in [-0.05, 0) is 67.2 Å². The number of para-hydroxylation sites is 2. The SMILES string of the molecule is CC1=C(/C=C/c2sc3ccccc3[n+]2C)CCCC1=C/C=C1\Sc2ccccc2N1C.FB(F)F.[F-]. The Morgan fingerprint density at radius 1 is 0.972 bits per heavy atom. The highest BCUT2D eigenvalue weighted by Gasteiger charge is 2.21. The number of thiazole rings is 1. The monoisotopic (exact) mass is 530 g/mol. The molecule has 0 saturated carbocycles. The number of benzene rings is 2. The second-order valence-corrected chi connectivity index (χ2v) is 10.5. The normalized spacial score (nSPS) is 17.4. The molecule has 0 amide bonds. The molecular formula is C27H27BF4N2S2. The predicted octanol–water partition coefficient (Wildman–Crippen LogP) is 5.13. The number of hydrogen-bond donors (Lipinski definition) is 0. The number of fused-ring (bicyclic) bond motifs is 2. The number of halogens is 4.